The number of amides is 1. The smallest absolute Gasteiger partial charge is 0.337 e. The van der Waals surface area contributed by atoms with Crippen LogP contribution in [0.5, 0.6) is 0 Å². The monoisotopic (exact) mass is 467 g/mol. The van der Waals surface area contributed by atoms with Crippen molar-refractivity contribution in [2.75, 3.05) is 13.1 Å². The average molecular weight is 467 g/mol. The predicted octanol–water partition coefficient (Wildman–Crippen LogP) is 5.01. The molecule has 34 heavy (non-hydrogen) atoms. The van der Waals surface area contributed by atoms with Gasteiger partial charge in [0.2, 0.25) is 5.82 Å². The van der Waals surface area contributed by atoms with Crippen LogP contribution in [0.25, 0.3) is 22.3 Å². The van der Waals surface area contributed by atoms with E-state index in [-0.39, 0.29) is 18.4 Å². The van der Waals surface area contributed by atoms with Crippen LogP contribution in [0.15, 0.2) is 60.7 Å². The summed E-state index contributed by atoms with van der Waals surface area (Å²) in [4.78, 5) is 18.7. The molecule has 0 bridgehead atoms. The number of halogens is 3. The van der Waals surface area contributed by atoms with Crippen molar-refractivity contribution < 1.29 is 18.0 Å². The molecule has 1 saturated heterocycles. The SMILES string of the molecule is Cn1nc(-c2ccccc2)cc1C(=O)N1CCC(Cn2c(C(F)(F)F)nc3ccccc32)CC1. The Morgan fingerprint density at radius 2 is 1.71 bits per heavy atom. The van der Waals surface area contributed by atoms with Gasteiger partial charge in [0, 0.05) is 32.2 Å². The number of piperidine rings is 1. The highest BCUT2D eigenvalue weighted by Crippen LogP contribution is 2.33. The van der Waals surface area contributed by atoms with Crippen molar-refractivity contribution in [2.24, 2.45) is 13.0 Å². The summed E-state index contributed by atoms with van der Waals surface area (Å²) in [5.74, 6) is -0.954. The lowest BCUT2D eigenvalue weighted by Crippen LogP contribution is -2.40. The fourth-order valence-corrected chi connectivity index (χ4v) is 4.63. The van der Waals surface area contributed by atoms with E-state index in [1.807, 2.05) is 30.3 Å². The summed E-state index contributed by atoms with van der Waals surface area (Å²) in [6.45, 7) is 1.20. The van der Waals surface area contributed by atoms with Crippen LogP contribution in [-0.2, 0) is 19.8 Å². The maximum atomic E-state index is 13.6. The Bertz CT molecular complexity index is 1320. The minimum absolute atomic E-state index is 0.0224. The number of carbonyl (C=O) groups is 1. The molecule has 2 aromatic carbocycles. The second-order valence-electron chi connectivity index (χ2n) is 8.67. The third-order valence-corrected chi connectivity index (χ3v) is 6.42. The molecule has 176 valence electrons. The molecular formula is C25H24F3N5O. The van der Waals surface area contributed by atoms with Crippen molar-refractivity contribution in [3.8, 4) is 11.3 Å². The van der Waals surface area contributed by atoms with E-state index in [9.17, 15) is 18.0 Å². The number of para-hydroxylation sites is 2. The van der Waals surface area contributed by atoms with Crippen LogP contribution in [0.1, 0.15) is 29.2 Å². The normalized spacial score (nSPS) is 15.2. The molecule has 1 aliphatic rings. The van der Waals surface area contributed by atoms with Gasteiger partial charge < -0.3 is 9.47 Å². The quantitative estimate of drug-likeness (QED) is 0.424. The number of aryl methyl sites for hydroxylation is 1. The average Bonchev–Trinajstić information content (AvgIpc) is 3.41. The maximum Gasteiger partial charge on any atom is 0.449 e. The molecule has 0 unspecified atom stereocenters. The highest BCUT2D eigenvalue weighted by molar-refractivity contribution is 5.93. The number of imidazole rings is 1. The van der Waals surface area contributed by atoms with Crippen LogP contribution < -0.4 is 0 Å². The fraction of sp³-hybridized carbons (Fsp3) is 0.320. The Morgan fingerprint density at radius 1 is 1.03 bits per heavy atom. The zero-order valence-corrected chi connectivity index (χ0v) is 18.7. The summed E-state index contributed by atoms with van der Waals surface area (Å²) in [6.07, 6.45) is -3.27. The van der Waals surface area contributed by atoms with Crippen LogP contribution >= 0.6 is 0 Å². The highest BCUT2D eigenvalue weighted by atomic mass is 19.4. The fourth-order valence-electron chi connectivity index (χ4n) is 4.63. The number of hydrogen-bond acceptors (Lipinski definition) is 3. The van der Waals surface area contributed by atoms with Gasteiger partial charge in [0.15, 0.2) is 0 Å². The van der Waals surface area contributed by atoms with Crippen LogP contribution in [0.3, 0.4) is 0 Å². The number of alkyl halides is 3. The van der Waals surface area contributed by atoms with Gasteiger partial charge in [-0.25, -0.2) is 4.98 Å². The lowest BCUT2D eigenvalue weighted by atomic mass is 9.96. The Morgan fingerprint density at radius 3 is 2.41 bits per heavy atom. The van der Waals surface area contributed by atoms with Gasteiger partial charge in [-0.15, -0.1) is 0 Å². The zero-order chi connectivity index (χ0) is 23.9. The molecule has 1 fully saturated rings. The lowest BCUT2D eigenvalue weighted by molar-refractivity contribution is -0.147. The summed E-state index contributed by atoms with van der Waals surface area (Å²) in [7, 11) is 1.75. The van der Waals surface area contributed by atoms with Gasteiger partial charge in [0.1, 0.15) is 5.69 Å². The molecular weight excluding hydrogens is 443 g/mol. The Balaban J connectivity index is 1.29. The number of hydrogen-bond donors (Lipinski definition) is 0. The third kappa shape index (κ3) is 4.18. The first-order valence-corrected chi connectivity index (χ1v) is 11.2. The number of benzene rings is 2. The summed E-state index contributed by atoms with van der Waals surface area (Å²) < 4.78 is 43.7. The number of likely N-dealkylation sites (tertiary alicyclic amines) is 1. The van der Waals surface area contributed by atoms with E-state index in [0.717, 1.165) is 11.3 Å². The first kappa shape index (κ1) is 22.2. The van der Waals surface area contributed by atoms with Crippen molar-refractivity contribution >= 4 is 16.9 Å². The Kier molecular flexibility index (Phi) is 5.63. The summed E-state index contributed by atoms with van der Waals surface area (Å²) in [5, 5.41) is 4.48. The number of fused-ring (bicyclic) bond motifs is 1. The van der Waals surface area contributed by atoms with E-state index in [0.29, 0.717) is 42.7 Å². The van der Waals surface area contributed by atoms with Crippen LogP contribution in [0.4, 0.5) is 13.2 Å². The van der Waals surface area contributed by atoms with Crippen molar-refractivity contribution in [1.82, 2.24) is 24.2 Å². The molecule has 0 atom stereocenters. The second-order valence-corrected chi connectivity index (χ2v) is 8.67. The largest absolute Gasteiger partial charge is 0.449 e. The molecule has 0 N–H and O–H groups in total. The lowest BCUT2D eigenvalue weighted by Gasteiger charge is -2.32. The standard InChI is InChI=1S/C25H24F3N5O/c1-31-22(15-20(30-31)18-7-3-2-4-8-18)23(34)32-13-11-17(12-14-32)16-33-21-10-6-5-9-19(21)29-24(33)25(26,27)28/h2-10,15,17H,11-14,16H2,1H3. The first-order chi connectivity index (χ1) is 16.3. The minimum atomic E-state index is -4.52. The molecule has 1 amide bonds. The molecule has 0 radical (unpaired) electrons. The summed E-state index contributed by atoms with van der Waals surface area (Å²) in [6, 6.07) is 18.1. The van der Waals surface area contributed by atoms with Crippen LogP contribution in [0.2, 0.25) is 0 Å². The summed E-state index contributed by atoms with van der Waals surface area (Å²) >= 11 is 0. The number of aromatic nitrogens is 4. The van der Waals surface area contributed by atoms with Gasteiger partial charge in [-0.2, -0.15) is 18.3 Å². The molecule has 0 spiro atoms. The predicted molar refractivity (Wildman–Crippen MR) is 122 cm³/mol. The first-order valence-electron chi connectivity index (χ1n) is 11.2. The zero-order valence-electron chi connectivity index (χ0n) is 18.7. The Labute approximate surface area is 194 Å². The molecule has 4 aromatic rings. The van der Waals surface area contributed by atoms with Gasteiger partial charge in [0.25, 0.3) is 5.91 Å². The van der Waals surface area contributed by atoms with Gasteiger partial charge >= 0.3 is 6.18 Å². The van der Waals surface area contributed by atoms with Gasteiger partial charge in [-0.1, -0.05) is 42.5 Å². The van der Waals surface area contributed by atoms with Gasteiger partial charge in [0.05, 0.1) is 16.7 Å². The number of carbonyl (C=O) groups excluding carboxylic acids is 1. The molecule has 3 heterocycles. The van der Waals surface area contributed by atoms with E-state index in [1.54, 1.807) is 47.0 Å². The van der Waals surface area contributed by atoms with E-state index in [1.165, 1.54) is 4.57 Å². The van der Waals surface area contributed by atoms with Crippen molar-refractivity contribution in [1.29, 1.82) is 0 Å². The van der Waals surface area contributed by atoms with Crippen LogP contribution in [0, 0.1) is 5.92 Å². The molecule has 2 aromatic heterocycles. The van der Waals surface area contributed by atoms with Crippen molar-refractivity contribution in [3.05, 3.63) is 72.2 Å². The highest BCUT2D eigenvalue weighted by Gasteiger charge is 2.38. The molecule has 9 heteroatoms. The number of rotatable bonds is 4. The van der Waals surface area contributed by atoms with E-state index >= 15 is 0 Å². The van der Waals surface area contributed by atoms with Gasteiger partial charge in [-0.05, 0) is 37.0 Å². The minimum Gasteiger partial charge on any atom is -0.337 e. The molecule has 0 aliphatic carbocycles. The van der Waals surface area contributed by atoms with E-state index in [2.05, 4.69) is 10.1 Å². The molecule has 6 nitrogen and oxygen atoms in total. The summed E-state index contributed by atoms with van der Waals surface area (Å²) in [5.41, 5.74) is 2.98. The molecule has 5 rings (SSSR count). The van der Waals surface area contributed by atoms with E-state index in [4.69, 9.17) is 0 Å². The second kappa shape index (κ2) is 8.62. The van der Waals surface area contributed by atoms with Crippen molar-refractivity contribution in [3.63, 3.8) is 0 Å². The number of nitrogens with zero attached hydrogens (tertiary/aromatic N) is 5. The van der Waals surface area contributed by atoms with E-state index < -0.39 is 12.0 Å². The molecule has 1 aliphatic heterocycles. The molecule has 0 saturated carbocycles. The van der Waals surface area contributed by atoms with Gasteiger partial charge in [-0.3, -0.25) is 9.48 Å². The Hall–Kier alpha value is -3.62. The van der Waals surface area contributed by atoms with Crippen molar-refractivity contribution in [2.45, 2.75) is 25.6 Å². The maximum absolute atomic E-state index is 13.6. The topological polar surface area (TPSA) is 56.0 Å². The van der Waals surface area contributed by atoms with Crippen LogP contribution in [-0.4, -0.2) is 43.2 Å². The third-order valence-electron chi connectivity index (χ3n) is 6.42.